The minimum absolute atomic E-state index is 0.110. The van der Waals surface area contributed by atoms with Gasteiger partial charge in [0.1, 0.15) is 6.33 Å². The second-order valence-corrected chi connectivity index (χ2v) is 5.10. The first-order valence-electron chi connectivity index (χ1n) is 5.99. The van der Waals surface area contributed by atoms with Crippen LogP contribution < -0.4 is 5.32 Å². The van der Waals surface area contributed by atoms with Gasteiger partial charge in [-0.2, -0.15) is 0 Å². The highest BCUT2D eigenvalue weighted by molar-refractivity contribution is 7.10. The number of aryl methyl sites for hydroxylation is 1. The van der Waals surface area contributed by atoms with Crippen molar-refractivity contribution < 1.29 is 4.39 Å². The molecule has 5 heteroatoms. The van der Waals surface area contributed by atoms with Crippen molar-refractivity contribution in [3.05, 3.63) is 40.2 Å². The molecule has 0 radical (unpaired) electrons. The Morgan fingerprint density at radius 1 is 1.44 bits per heavy atom. The summed E-state index contributed by atoms with van der Waals surface area (Å²) in [4.78, 5) is 9.01. The SMILES string of the molecule is CCCC(Nc1ncnc(C)c1F)c1cccs1. The van der Waals surface area contributed by atoms with Crippen LogP contribution in [0.15, 0.2) is 23.8 Å². The molecule has 0 aromatic carbocycles. The van der Waals surface area contributed by atoms with Crippen LogP contribution in [0.3, 0.4) is 0 Å². The summed E-state index contributed by atoms with van der Waals surface area (Å²) in [6.45, 7) is 3.76. The van der Waals surface area contributed by atoms with Crippen molar-refractivity contribution >= 4 is 17.2 Å². The van der Waals surface area contributed by atoms with E-state index in [9.17, 15) is 4.39 Å². The third-order valence-electron chi connectivity index (χ3n) is 2.74. The summed E-state index contributed by atoms with van der Waals surface area (Å²) in [5.74, 6) is -0.0792. The van der Waals surface area contributed by atoms with Gasteiger partial charge in [-0.1, -0.05) is 19.4 Å². The van der Waals surface area contributed by atoms with Crippen molar-refractivity contribution in [3.63, 3.8) is 0 Å². The average Bonchev–Trinajstić information content (AvgIpc) is 2.88. The van der Waals surface area contributed by atoms with Crippen molar-refractivity contribution in [2.24, 2.45) is 0 Å². The summed E-state index contributed by atoms with van der Waals surface area (Å²) in [6.07, 6.45) is 3.36. The summed E-state index contributed by atoms with van der Waals surface area (Å²) in [6, 6.07) is 4.18. The molecular formula is C13H16FN3S. The van der Waals surface area contributed by atoms with Crippen LogP contribution in [-0.2, 0) is 0 Å². The lowest BCUT2D eigenvalue weighted by Gasteiger charge is -2.17. The lowest BCUT2D eigenvalue weighted by atomic mass is 10.1. The molecule has 96 valence electrons. The van der Waals surface area contributed by atoms with E-state index < -0.39 is 0 Å². The molecule has 1 atom stereocenters. The van der Waals surface area contributed by atoms with E-state index in [2.05, 4.69) is 28.3 Å². The van der Waals surface area contributed by atoms with Crippen LogP contribution in [0.1, 0.15) is 36.4 Å². The Morgan fingerprint density at radius 2 is 2.28 bits per heavy atom. The molecular weight excluding hydrogens is 249 g/mol. The van der Waals surface area contributed by atoms with Crippen molar-refractivity contribution in [1.29, 1.82) is 0 Å². The molecule has 0 fully saturated rings. The van der Waals surface area contributed by atoms with Crippen LogP contribution in [0, 0.1) is 12.7 Å². The molecule has 0 aliphatic carbocycles. The number of halogens is 1. The van der Waals surface area contributed by atoms with E-state index in [1.165, 1.54) is 11.2 Å². The Morgan fingerprint density at radius 3 is 2.94 bits per heavy atom. The number of hydrogen-bond donors (Lipinski definition) is 1. The van der Waals surface area contributed by atoms with E-state index >= 15 is 0 Å². The molecule has 0 saturated heterocycles. The van der Waals surface area contributed by atoms with E-state index in [0.717, 1.165) is 12.8 Å². The Kier molecular flexibility index (Phi) is 4.25. The maximum absolute atomic E-state index is 13.9. The average molecular weight is 265 g/mol. The number of nitrogens with one attached hydrogen (secondary N) is 1. The van der Waals surface area contributed by atoms with Crippen molar-refractivity contribution in [2.45, 2.75) is 32.7 Å². The first-order valence-corrected chi connectivity index (χ1v) is 6.87. The van der Waals surface area contributed by atoms with Gasteiger partial charge in [0.05, 0.1) is 11.7 Å². The van der Waals surface area contributed by atoms with Crippen molar-refractivity contribution in [2.75, 3.05) is 5.32 Å². The highest BCUT2D eigenvalue weighted by atomic mass is 32.1. The quantitative estimate of drug-likeness (QED) is 0.889. The number of nitrogens with zero attached hydrogens (tertiary/aromatic N) is 2. The zero-order chi connectivity index (χ0) is 13.0. The van der Waals surface area contributed by atoms with Gasteiger partial charge < -0.3 is 5.32 Å². The number of hydrogen-bond acceptors (Lipinski definition) is 4. The fraction of sp³-hybridized carbons (Fsp3) is 0.385. The van der Waals surface area contributed by atoms with Crippen LogP contribution in [-0.4, -0.2) is 9.97 Å². The Hall–Kier alpha value is -1.49. The Labute approximate surface area is 110 Å². The maximum atomic E-state index is 13.9. The molecule has 0 saturated carbocycles. The normalized spacial score (nSPS) is 12.4. The zero-order valence-electron chi connectivity index (χ0n) is 10.5. The first-order chi connectivity index (χ1) is 8.72. The first kappa shape index (κ1) is 13.0. The third kappa shape index (κ3) is 2.85. The highest BCUT2D eigenvalue weighted by Crippen LogP contribution is 2.27. The van der Waals surface area contributed by atoms with E-state index in [0.29, 0.717) is 5.69 Å². The van der Waals surface area contributed by atoms with Crippen molar-refractivity contribution in [1.82, 2.24) is 9.97 Å². The minimum atomic E-state index is -0.366. The Bertz CT molecular complexity index is 499. The molecule has 0 aliphatic heterocycles. The molecule has 0 spiro atoms. The van der Waals surface area contributed by atoms with Gasteiger partial charge in [-0.3, -0.25) is 0 Å². The van der Waals surface area contributed by atoms with Gasteiger partial charge in [0.15, 0.2) is 11.6 Å². The molecule has 18 heavy (non-hydrogen) atoms. The second-order valence-electron chi connectivity index (χ2n) is 4.12. The van der Waals surface area contributed by atoms with Gasteiger partial charge in [0.2, 0.25) is 0 Å². The number of rotatable bonds is 5. The summed E-state index contributed by atoms with van der Waals surface area (Å²) < 4.78 is 13.9. The van der Waals surface area contributed by atoms with Crippen LogP contribution in [0.25, 0.3) is 0 Å². The van der Waals surface area contributed by atoms with Gasteiger partial charge in [-0.25, -0.2) is 14.4 Å². The van der Waals surface area contributed by atoms with Crippen LogP contribution in [0.2, 0.25) is 0 Å². The molecule has 1 unspecified atom stereocenters. The van der Waals surface area contributed by atoms with E-state index in [1.54, 1.807) is 18.3 Å². The zero-order valence-corrected chi connectivity index (χ0v) is 11.3. The molecule has 2 aromatic rings. The van der Waals surface area contributed by atoms with Gasteiger partial charge >= 0.3 is 0 Å². The number of thiophene rings is 1. The Balaban J connectivity index is 2.21. The molecule has 2 heterocycles. The summed E-state index contributed by atoms with van der Waals surface area (Å²) in [7, 11) is 0. The molecule has 3 nitrogen and oxygen atoms in total. The van der Waals surface area contributed by atoms with Gasteiger partial charge in [-0.15, -0.1) is 11.3 Å². The summed E-state index contributed by atoms with van der Waals surface area (Å²) in [5, 5.41) is 5.20. The topological polar surface area (TPSA) is 37.8 Å². The fourth-order valence-corrected chi connectivity index (χ4v) is 2.60. The fourth-order valence-electron chi connectivity index (χ4n) is 1.79. The van der Waals surface area contributed by atoms with Crippen molar-refractivity contribution in [3.8, 4) is 0 Å². The highest BCUT2D eigenvalue weighted by Gasteiger charge is 2.15. The largest absolute Gasteiger partial charge is 0.360 e. The monoisotopic (exact) mass is 265 g/mol. The maximum Gasteiger partial charge on any atom is 0.186 e. The lowest BCUT2D eigenvalue weighted by molar-refractivity contribution is 0.595. The smallest absolute Gasteiger partial charge is 0.186 e. The minimum Gasteiger partial charge on any atom is -0.360 e. The molecule has 2 aromatic heterocycles. The van der Waals surface area contributed by atoms with E-state index in [-0.39, 0.29) is 17.7 Å². The van der Waals surface area contributed by atoms with E-state index in [1.807, 2.05) is 11.4 Å². The lowest BCUT2D eigenvalue weighted by Crippen LogP contribution is -2.12. The third-order valence-corrected chi connectivity index (χ3v) is 3.72. The van der Waals surface area contributed by atoms with Crippen LogP contribution >= 0.6 is 11.3 Å². The van der Waals surface area contributed by atoms with Crippen LogP contribution in [0.4, 0.5) is 10.2 Å². The van der Waals surface area contributed by atoms with E-state index in [4.69, 9.17) is 0 Å². The predicted octanol–water partition coefficient (Wildman–Crippen LogP) is 3.94. The molecule has 0 aliphatic rings. The predicted molar refractivity (Wildman–Crippen MR) is 72.3 cm³/mol. The number of anilines is 1. The standard InChI is InChI=1S/C13H16FN3S/c1-3-5-10(11-6-4-7-18-11)17-13-12(14)9(2)15-8-16-13/h4,6-8,10H,3,5H2,1-2H3,(H,15,16,17). The second kappa shape index (κ2) is 5.91. The van der Waals surface area contributed by atoms with Gasteiger partial charge in [0, 0.05) is 4.88 Å². The molecule has 0 bridgehead atoms. The van der Waals surface area contributed by atoms with Gasteiger partial charge in [0.25, 0.3) is 0 Å². The van der Waals surface area contributed by atoms with Crippen LogP contribution in [0.5, 0.6) is 0 Å². The summed E-state index contributed by atoms with van der Waals surface area (Å²) in [5.41, 5.74) is 0.369. The number of aromatic nitrogens is 2. The molecule has 1 N–H and O–H groups in total. The van der Waals surface area contributed by atoms with Gasteiger partial charge in [-0.05, 0) is 24.8 Å². The molecule has 0 amide bonds. The molecule has 2 rings (SSSR count). The summed E-state index contributed by atoms with van der Waals surface area (Å²) >= 11 is 1.67.